The second kappa shape index (κ2) is 4.34. The number of nitro groups is 1. The summed E-state index contributed by atoms with van der Waals surface area (Å²) < 4.78 is 0.498. The maximum absolute atomic E-state index is 10.5. The van der Waals surface area contributed by atoms with Crippen molar-refractivity contribution in [3.63, 3.8) is 0 Å². The van der Waals surface area contributed by atoms with Crippen molar-refractivity contribution in [2.24, 2.45) is 5.73 Å². The third-order valence-corrected chi connectivity index (χ3v) is 2.31. The van der Waals surface area contributed by atoms with Crippen LogP contribution < -0.4 is 5.73 Å². The smallest absolute Gasteiger partial charge is 0.283 e. The number of nitro benzene ring substituents is 1. The van der Waals surface area contributed by atoms with Gasteiger partial charge in [-0.1, -0.05) is 6.07 Å². The van der Waals surface area contributed by atoms with Gasteiger partial charge in [-0.25, -0.2) is 0 Å². The Morgan fingerprint density at radius 3 is 2.77 bits per heavy atom. The summed E-state index contributed by atoms with van der Waals surface area (Å²) in [6.45, 7) is 0.499. The van der Waals surface area contributed by atoms with Crippen molar-refractivity contribution in [2.45, 2.75) is 6.42 Å². The molecule has 0 spiro atoms. The molecule has 0 radical (unpaired) electrons. The molecule has 0 aliphatic rings. The first-order valence-corrected chi connectivity index (χ1v) is 4.57. The number of halogens is 1. The molecule has 13 heavy (non-hydrogen) atoms. The molecule has 0 aliphatic carbocycles. The van der Waals surface area contributed by atoms with E-state index in [-0.39, 0.29) is 5.69 Å². The van der Waals surface area contributed by atoms with Crippen LogP contribution in [0.5, 0.6) is 0 Å². The summed E-state index contributed by atoms with van der Waals surface area (Å²) in [5.74, 6) is 0. The fourth-order valence-corrected chi connectivity index (χ4v) is 1.41. The van der Waals surface area contributed by atoms with Gasteiger partial charge in [-0.3, -0.25) is 10.1 Å². The van der Waals surface area contributed by atoms with Gasteiger partial charge in [0.2, 0.25) is 0 Å². The average Bonchev–Trinajstić information content (AvgIpc) is 2.08. The minimum absolute atomic E-state index is 0.0888. The summed E-state index contributed by atoms with van der Waals surface area (Å²) in [5.41, 5.74) is 6.32. The summed E-state index contributed by atoms with van der Waals surface area (Å²) in [6.07, 6.45) is 0.661. The number of nitrogens with two attached hydrogens (primary N) is 1. The number of nitrogens with zero attached hydrogens (tertiary/aromatic N) is 1. The van der Waals surface area contributed by atoms with E-state index in [1.807, 2.05) is 6.07 Å². The first-order valence-electron chi connectivity index (χ1n) is 3.78. The van der Waals surface area contributed by atoms with Crippen LogP contribution in [0.2, 0.25) is 0 Å². The van der Waals surface area contributed by atoms with Crippen LogP contribution in [0, 0.1) is 10.1 Å². The maximum atomic E-state index is 10.5. The standard InChI is InChI=1S/C8H9BrN2O2/c9-7-2-1-6(3-4-10)5-8(7)11(12)13/h1-2,5H,3-4,10H2. The quantitative estimate of drug-likeness (QED) is 0.652. The van der Waals surface area contributed by atoms with Gasteiger partial charge in [0.1, 0.15) is 0 Å². The van der Waals surface area contributed by atoms with E-state index in [2.05, 4.69) is 15.9 Å². The van der Waals surface area contributed by atoms with Gasteiger partial charge >= 0.3 is 0 Å². The van der Waals surface area contributed by atoms with E-state index < -0.39 is 4.92 Å². The summed E-state index contributed by atoms with van der Waals surface area (Å²) in [5, 5.41) is 10.5. The summed E-state index contributed by atoms with van der Waals surface area (Å²) in [7, 11) is 0. The summed E-state index contributed by atoms with van der Waals surface area (Å²) in [4.78, 5) is 10.1. The van der Waals surface area contributed by atoms with Crippen LogP contribution in [0.1, 0.15) is 5.56 Å². The van der Waals surface area contributed by atoms with Crippen LogP contribution in [0.25, 0.3) is 0 Å². The minimum atomic E-state index is -0.413. The van der Waals surface area contributed by atoms with E-state index in [9.17, 15) is 10.1 Å². The molecule has 0 aromatic heterocycles. The number of hydrogen-bond acceptors (Lipinski definition) is 3. The van der Waals surface area contributed by atoms with Crippen molar-refractivity contribution in [3.8, 4) is 0 Å². The fraction of sp³-hybridized carbons (Fsp3) is 0.250. The molecule has 1 aromatic carbocycles. The van der Waals surface area contributed by atoms with Gasteiger partial charge in [-0.2, -0.15) is 0 Å². The van der Waals surface area contributed by atoms with Crippen LogP contribution in [0.4, 0.5) is 5.69 Å². The zero-order valence-electron chi connectivity index (χ0n) is 6.87. The number of benzene rings is 1. The molecular weight excluding hydrogens is 236 g/mol. The molecule has 2 N–H and O–H groups in total. The highest BCUT2D eigenvalue weighted by atomic mass is 79.9. The third kappa shape index (κ3) is 2.50. The molecular formula is C8H9BrN2O2. The predicted molar refractivity (Wildman–Crippen MR) is 53.6 cm³/mol. The zero-order valence-corrected chi connectivity index (χ0v) is 8.45. The van der Waals surface area contributed by atoms with Crippen molar-refractivity contribution >= 4 is 21.6 Å². The van der Waals surface area contributed by atoms with Crippen molar-refractivity contribution in [1.82, 2.24) is 0 Å². The highest BCUT2D eigenvalue weighted by Crippen LogP contribution is 2.25. The summed E-state index contributed by atoms with van der Waals surface area (Å²) >= 11 is 3.11. The van der Waals surface area contributed by atoms with E-state index >= 15 is 0 Å². The molecule has 70 valence electrons. The molecule has 0 bridgehead atoms. The molecule has 0 aliphatic heterocycles. The topological polar surface area (TPSA) is 69.2 Å². The van der Waals surface area contributed by atoms with E-state index in [1.165, 1.54) is 6.07 Å². The Morgan fingerprint density at radius 2 is 2.23 bits per heavy atom. The Balaban J connectivity index is 3.04. The molecule has 0 fully saturated rings. The first kappa shape index (κ1) is 10.1. The lowest BCUT2D eigenvalue weighted by atomic mass is 10.1. The van der Waals surface area contributed by atoms with Crippen LogP contribution in [0.15, 0.2) is 22.7 Å². The van der Waals surface area contributed by atoms with E-state index in [4.69, 9.17) is 5.73 Å². The van der Waals surface area contributed by atoms with Gasteiger partial charge in [-0.15, -0.1) is 0 Å². The maximum Gasteiger partial charge on any atom is 0.283 e. The molecule has 1 rings (SSSR count). The van der Waals surface area contributed by atoms with Crippen molar-refractivity contribution in [1.29, 1.82) is 0 Å². The predicted octanol–water partition coefficient (Wildman–Crippen LogP) is 1.86. The highest BCUT2D eigenvalue weighted by Gasteiger charge is 2.11. The average molecular weight is 245 g/mol. The Kier molecular flexibility index (Phi) is 3.39. The van der Waals surface area contributed by atoms with E-state index in [0.717, 1.165) is 5.56 Å². The number of hydrogen-bond donors (Lipinski definition) is 1. The van der Waals surface area contributed by atoms with Crippen molar-refractivity contribution < 1.29 is 4.92 Å². The fourth-order valence-electron chi connectivity index (χ4n) is 1.02. The van der Waals surface area contributed by atoms with Gasteiger partial charge in [0, 0.05) is 6.07 Å². The lowest BCUT2D eigenvalue weighted by Crippen LogP contribution is -2.03. The van der Waals surface area contributed by atoms with Gasteiger partial charge in [0.05, 0.1) is 9.40 Å². The highest BCUT2D eigenvalue weighted by molar-refractivity contribution is 9.10. The lowest BCUT2D eigenvalue weighted by Gasteiger charge is -1.99. The Morgan fingerprint density at radius 1 is 1.54 bits per heavy atom. The van der Waals surface area contributed by atoms with Gasteiger partial charge < -0.3 is 5.73 Å². The molecule has 5 heteroatoms. The van der Waals surface area contributed by atoms with Gasteiger partial charge in [-0.05, 0) is 40.5 Å². The Hall–Kier alpha value is -0.940. The minimum Gasteiger partial charge on any atom is -0.330 e. The third-order valence-electron chi connectivity index (χ3n) is 1.64. The Labute approximate surface area is 84.0 Å². The van der Waals surface area contributed by atoms with Crippen LogP contribution in [-0.4, -0.2) is 11.5 Å². The van der Waals surface area contributed by atoms with Gasteiger partial charge in [0.15, 0.2) is 0 Å². The van der Waals surface area contributed by atoms with Gasteiger partial charge in [0.25, 0.3) is 5.69 Å². The number of rotatable bonds is 3. The van der Waals surface area contributed by atoms with Crippen LogP contribution >= 0.6 is 15.9 Å². The molecule has 0 saturated heterocycles. The molecule has 0 saturated carbocycles. The molecule has 4 nitrogen and oxygen atoms in total. The molecule has 0 heterocycles. The normalized spacial score (nSPS) is 10.0. The molecule has 0 unspecified atom stereocenters. The molecule has 0 amide bonds. The van der Waals surface area contributed by atoms with E-state index in [0.29, 0.717) is 17.4 Å². The SMILES string of the molecule is NCCc1ccc(Br)c([N+](=O)[O-])c1. The Bertz CT molecular complexity index is 328. The van der Waals surface area contributed by atoms with Crippen LogP contribution in [-0.2, 0) is 6.42 Å². The second-order valence-electron chi connectivity index (χ2n) is 2.58. The zero-order chi connectivity index (χ0) is 9.84. The summed E-state index contributed by atoms with van der Waals surface area (Å²) in [6, 6.07) is 5.03. The van der Waals surface area contributed by atoms with Crippen LogP contribution in [0.3, 0.4) is 0 Å². The lowest BCUT2D eigenvalue weighted by molar-refractivity contribution is -0.385. The van der Waals surface area contributed by atoms with Crippen molar-refractivity contribution in [3.05, 3.63) is 38.3 Å². The monoisotopic (exact) mass is 244 g/mol. The van der Waals surface area contributed by atoms with E-state index in [1.54, 1.807) is 6.07 Å². The first-order chi connectivity index (χ1) is 6.15. The van der Waals surface area contributed by atoms with Crippen molar-refractivity contribution in [2.75, 3.05) is 6.54 Å². The largest absolute Gasteiger partial charge is 0.330 e. The molecule has 1 aromatic rings. The molecule has 0 atom stereocenters. The second-order valence-corrected chi connectivity index (χ2v) is 3.44.